The Balaban J connectivity index is 1.87. The van der Waals surface area contributed by atoms with Gasteiger partial charge < -0.3 is 10.1 Å². The van der Waals surface area contributed by atoms with E-state index in [0.717, 1.165) is 19.3 Å². The molecule has 1 amide bonds. The smallest absolute Gasteiger partial charge is 0.338 e. The Labute approximate surface area is 173 Å². The van der Waals surface area contributed by atoms with Crippen LogP contribution in [0.15, 0.2) is 40.8 Å². The first-order valence-electron chi connectivity index (χ1n) is 9.91. The maximum absolute atomic E-state index is 12.6. The van der Waals surface area contributed by atoms with Crippen LogP contribution in [0, 0.1) is 0 Å². The molecular formula is C21H30N2O5S. The summed E-state index contributed by atoms with van der Waals surface area (Å²) in [5.41, 5.74) is 1.45. The van der Waals surface area contributed by atoms with Crippen molar-refractivity contribution in [1.82, 2.24) is 9.62 Å². The second kappa shape index (κ2) is 10.5. The summed E-state index contributed by atoms with van der Waals surface area (Å²) in [6.45, 7) is 3.64. The minimum atomic E-state index is -3.71. The minimum Gasteiger partial charge on any atom is -0.452 e. The van der Waals surface area contributed by atoms with Gasteiger partial charge in [0.15, 0.2) is 6.61 Å². The molecule has 0 saturated heterocycles. The number of esters is 1. The lowest BCUT2D eigenvalue weighted by molar-refractivity contribution is -0.124. The number of rotatable bonds is 9. The van der Waals surface area contributed by atoms with Crippen LogP contribution in [0.5, 0.6) is 0 Å². The highest BCUT2D eigenvalue weighted by Gasteiger charge is 2.24. The van der Waals surface area contributed by atoms with E-state index in [0.29, 0.717) is 6.54 Å². The van der Waals surface area contributed by atoms with Crippen molar-refractivity contribution in [3.8, 4) is 0 Å². The first-order valence-corrected chi connectivity index (χ1v) is 11.4. The van der Waals surface area contributed by atoms with Crippen LogP contribution in [-0.2, 0) is 19.6 Å². The molecule has 1 aromatic rings. The number of nitrogens with one attached hydrogen (secondary N) is 1. The second-order valence-electron chi connectivity index (χ2n) is 7.43. The van der Waals surface area contributed by atoms with E-state index in [1.165, 1.54) is 54.0 Å². The van der Waals surface area contributed by atoms with Crippen LogP contribution in [0.25, 0.3) is 0 Å². The molecule has 0 radical (unpaired) electrons. The van der Waals surface area contributed by atoms with Crippen LogP contribution in [0.4, 0.5) is 0 Å². The Bertz CT molecular complexity index is 862. The lowest BCUT2D eigenvalue weighted by Gasteiger charge is -2.21. The molecule has 0 aromatic heterocycles. The Morgan fingerprint density at radius 1 is 1.24 bits per heavy atom. The van der Waals surface area contributed by atoms with Crippen molar-refractivity contribution in [3.63, 3.8) is 0 Å². The first-order chi connectivity index (χ1) is 13.7. The molecule has 0 unspecified atom stereocenters. The third kappa shape index (κ3) is 6.68. The van der Waals surface area contributed by atoms with Crippen molar-refractivity contribution in [2.24, 2.45) is 0 Å². The molecule has 0 fully saturated rings. The molecular weight excluding hydrogens is 392 g/mol. The number of hydrogen-bond donors (Lipinski definition) is 1. The van der Waals surface area contributed by atoms with Gasteiger partial charge in [-0.25, -0.2) is 13.2 Å². The molecule has 8 heteroatoms. The highest BCUT2D eigenvalue weighted by molar-refractivity contribution is 7.89. The van der Waals surface area contributed by atoms with E-state index in [2.05, 4.69) is 11.4 Å². The van der Waals surface area contributed by atoms with Gasteiger partial charge in [0.05, 0.1) is 10.5 Å². The molecule has 0 atom stereocenters. The van der Waals surface area contributed by atoms with Gasteiger partial charge in [-0.1, -0.05) is 17.7 Å². The van der Waals surface area contributed by atoms with E-state index in [1.54, 1.807) is 13.8 Å². The maximum Gasteiger partial charge on any atom is 0.338 e. The Morgan fingerprint density at radius 2 is 2.00 bits per heavy atom. The Kier molecular flexibility index (Phi) is 8.40. The number of allylic oxidation sites excluding steroid dienone is 1. The summed E-state index contributed by atoms with van der Waals surface area (Å²) in [6.07, 6.45) is 7.64. The number of carbonyl (C=O) groups excluding carboxylic acids is 2. The van der Waals surface area contributed by atoms with Gasteiger partial charge in [-0.05, 0) is 64.2 Å². The molecule has 0 aliphatic heterocycles. The molecule has 160 valence electrons. The SMILES string of the molecule is CC(C)N(C)S(=O)(=O)c1cccc(C(=O)OCC(=O)NCCC2=CCCCC2)c1. The fourth-order valence-electron chi connectivity index (χ4n) is 2.99. The maximum atomic E-state index is 12.6. The van der Waals surface area contributed by atoms with Gasteiger partial charge in [0, 0.05) is 19.6 Å². The van der Waals surface area contributed by atoms with Crippen LogP contribution >= 0.6 is 0 Å². The zero-order chi connectivity index (χ0) is 21.4. The van der Waals surface area contributed by atoms with Crippen LogP contribution in [0.2, 0.25) is 0 Å². The molecule has 0 saturated carbocycles. The van der Waals surface area contributed by atoms with Crippen molar-refractivity contribution in [2.75, 3.05) is 20.2 Å². The topological polar surface area (TPSA) is 92.8 Å². The number of sulfonamides is 1. The zero-order valence-electron chi connectivity index (χ0n) is 17.3. The monoisotopic (exact) mass is 422 g/mol. The van der Waals surface area contributed by atoms with Gasteiger partial charge in [0.25, 0.3) is 5.91 Å². The fraction of sp³-hybridized carbons (Fsp3) is 0.524. The summed E-state index contributed by atoms with van der Waals surface area (Å²) in [5.74, 6) is -1.11. The van der Waals surface area contributed by atoms with E-state index < -0.39 is 22.6 Å². The third-order valence-corrected chi connectivity index (χ3v) is 6.99. The van der Waals surface area contributed by atoms with Crippen molar-refractivity contribution in [2.45, 2.75) is 56.9 Å². The van der Waals surface area contributed by atoms with Gasteiger partial charge in [0.1, 0.15) is 0 Å². The van der Waals surface area contributed by atoms with E-state index in [-0.39, 0.29) is 22.4 Å². The largest absolute Gasteiger partial charge is 0.452 e. The van der Waals surface area contributed by atoms with Gasteiger partial charge in [-0.3, -0.25) is 4.79 Å². The van der Waals surface area contributed by atoms with Gasteiger partial charge in [0.2, 0.25) is 10.0 Å². The normalized spacial score (nSPS) is 14.6. The second-order valence-corrected chi connectivity index (χ2v) is 9.42. The molecule has 1 N–H and O–H groups in total. The Morgan fingerprint density at radius 3 is 2.66 bits per heavy atom. The fourth-order valence-corrected chi connectivity index (χ4v) is 4.40. The van der Waals surface area contributed by atoms with Crippen LogP contribution in [0.1, 0.15) is 56.3 Å². The highest BCUT2D eigenvalue weighted by atomic mass is 32.2. The zero-order valence-corrected chi connectivity index (χ0v) is 18.1. The lowest BCUT2D eigenvalue weighted by Crippen LogP contribution is -2.33. The van der Waals surface area contributed by atoms with Crippen molar-refractivity contribution >= 4 is 21.9 Å². The number of nitrogens with zero attached hydrogens (tertiary/aromatic N) is 1. The van der Waals surface area contributed by atoms with Crippen molar-refractivity contribution < 1.29 is 22.7 Å². The van der Waals surface area contributed by atoms with Crippen LogP contribution in [-0.4, -0.2) is 50.8 Å². The number of benzene rings is 1. The van der Waals surface area contributed by atoms with E-state index in [1.807, 2.05) is 0 Å². The van der Waals surface area contributed by atoms with Gasteiger partial charge in [-0.2, -0.15) is 4.31 Å². The summed E-state index contributed by atoms with van der Waals surface area (Å²) in [5, 5.41) is 2.74. The standard InChI is InChI=1S/C21H30N2O5S/c1-16(2)23(3)29(26,27)19-11-7-10-18(14-19)21(25)28-15-20(24)22-13-12-17-8-5-4-6-9-17/h7-8,10-11,14,16H,4-6,9,12-13,15H2,1-3H3,(H,22,24). The van der Waals surface area contributed by atoms with Crippen molar-refractivity contribution in [3.05, 3.63) is 41.5 Å². The third-order valence-electron chi connectivity index (χ3n) is 4.96. The molecule has 29 heavy (non-hydrogen) atoms. The highest BCUT2D eigenvalue weighted by Crippen LogP contribution is 2.20. The molecule has 1 aliphatic carbocycles. The summed E-state index contributed by atoms with van der Waals surface area (Å²) < 4.78 is 31.4. The molecule has 1 aromatic carbocycles. The molecule has 0 bridgehead atoms. The van der Waals surface area contributed by atoms with Gasteiger partial charge in [-0.15, -0.1) is 0 Å². The summed E-state index contributed by atoms with van der Waals surface area (Å²) >= 11 is 0. The first kappa shape index (κ1) is 23.1. The predicted molar refractivity (Wildman–Crippen MR) is 111 cm³/mol. The summed E-state index contributed by atoms with van der Waals surface area (Å²) in [4.78, 5) is 24.1. The lowest BCUT2D eigenvalue weighted by atomic mass is 9.97. The molecule has 0 heterocycles. The molecule has 1 aliphatic rings. The van der Waals surface area contributed by atoms with E-state index in [9.17, 15) is 18.0 Å². The molecule has 0 spiro atoms. The Hall–Kier alpha value is -2.19. The summed E-state index contributed by atoms with van der Waals surface area (Å²) in [7, 11) is -2.22. The van der Waals surface area contributed by atoms with E-state index >= 15 is 0 Å². The number of amides is 1. The minimum absolute atomic E-state index is 0.00774. The predicted octanol–water partition coefficient (Wildman–Crippen LogP) is 2.88. The quantitative estimate of drug-likeness (QED) is 0.488. The average Bonchev–Trinajstić information content (AvgIpc) is 2.72. The van der Waals surface area contributed by atoms with E-state index in [4.69, 9.17) is 4.74 Å². The summed E-state index contributed by atoms with van der Waals surface area (Å²) in [6, 6.07) is 5.42. The molecule has 2 rings (SSSR count). The van der Waals surface area contributed by atoms with Crippen LogP contribution in [0.3, 0.4) is 0 Å². The number of hydrogen-bond acceptors (Lipinski definition) is 5. The number of carbonyl (C=O) groups is 2. The number of ether oxygens (including phenoxy) is 1. The average molecular weight is 423 g/mol. The molecule has 7 nitrogen and oxygen atoms in total. The van der Waals surface area contributed by atoms with Crippen LogP contribution < -0.4 is 5.32 Å². The van der Waals surface area contributed by atoms with Crippen molar-refractivity contribution in [1.29, 1.82) is 0 Å². The van der Waals surface area contributed by atoms with Gasteiger partial charge >= 0.3 is 5.97 Å².